The molecule has 0 aliphatic rings. The first-order valence-corrected chi connectivity index (χ1v) is 6.19. The van der Waals surface area contributed by atoms with Crippen LogP contribution in [-0.2, 0) is 0 Å². The number of carboxylic acid groups (broad SMARTS) is 1. The van der Waals surface area contributed by atoms with Gasteiger partial charge in [0, 0.05) is 4.90 Å². The molecule has 0 bridgehead atoms. The van der Waals surface area contributed by atoms with Crippen molar-refractivity contribution in [2.24, 2.45) is 0 Å². The van der Waals surface area contributed by atoms with Gasteiger partial charge in [-0.2, -0.15) is 5.10 Å². The molecule has 0 atom stereocenters. The molecule has 0 saturated carbocycles. The number of nitrogens with zero attached hydrogens (tertiary/aromatic N) is 2. The summed E-state index contributed by atoms with van der Waals surface area (Å²) in [7, 11) is 0. The zero-order valence-electron chi connectivity index (χ0n) is 10.0. The highest BCUT2D eigenvalue weighted by Gasteiger charge is 2.13. The van der Waals surface area contributed by atoms with Crippen molar-refractivity contribution in [1.82, 2.24) is 10.2 Å². The number of aromatic nitrogens is 2. The van der Waals surface area contributed by atoms with Crippen LogP contribution in [0.4, 0.5) is 0 Å². The molecule has 1 N–H and O–H groups in total. The van der Waals surface area contributed by atoms with E-state index in [4.69, 9.17) is 5.11 Å². The number of aryl methyl sites for hydroxylation is 2. The summed E-state index contributed by atoms with van der Waals surface area (Å²) in [5.41, 5.74) is 2.45. The Balaban J connectivity index is 2.37. The summed E-state index contributed by atoms with van der Waals surface area (Å²) >= 11 is 1.32. The summed E-state index contributed by atoms with van der Waals surface area (Å²) in [6.45, 7) is 4.01. The van der Waals surface area contributed by atoms with Crippen LogP contribution >= 0.6 is 11.8 Å². The first-order chi connectivity index (χ1) is 8.58. The molecule has 0 spiro atoms. The van der Waals surface area contributed by atoms with Crippen molar-refractivity contribution in [2.45, 2.75) is 23.8 Å². The van der Waals surface area contributed by atoms with Crippen molar-refractivity contribution in [2.75, 3.05) is 0 Å². The van der Waals surface area contributed by atoms with Crippen LogP contribution in [0.5, 0.6) is 0 Å². The molecule has 2 rings (SSSR count). The Labute approximate surface area is 109 Å². The molecule has 1 heterocycles. The molecule has 0 saturated heterocycles. The Morgan fingerprint density at radius 2 is 2.06 bits per heavy atom. The first-order valence-electron chi connectivity index (χ1n) is 5.38. The van der Waals surface area contributed by atoms with Crippen LogP contribution in [0, 0.1) is 13.8 Å². The molecule has 1 aromatic carbocycles. The van der Waals surface area contributed by atoms with E-state index in [1.165, 1.54) is 29.6 Å². The number of benzene rings is 1. The van der Waals surface area contributed by atoms with E-state index >= 15 is 0 Å². The second-order valence-electron chi connectivity index (χ2n) is 3.93. The molecule has 92 valence electrons. The zero-order chi connectivity index (χ0) is 13.1. The van der Waals surface area contributed by atoms with Gasteiger partial charge in [-0.05, 0) is 31.5 Å². The van der Waals surface area contributed by atoms with Gasteiger partial charge < -0.3 is 5.11 Å². The lowest BCUT2D eigenvalue weighted by molar-refractivity contribution is 0.0692. The van der Waals surface area contributed by atoms with Crippen molar-refractivity contribution in [3.05, 3.63) is 47.2 Å². The Morgan fingerprint density at radius 1 is 1.28 bits per heavy atom. The molecule has 0 amide bonds. The third kappa shape index (κ3) is 2.68. The molecule has 18 heavy (non-hydrogen) atoms. The van der Waals surface area contributed by atoms with Crippen LogP contribution in [-0.4, -0.2) is 21.3 Å². The third-order valence-electron chi connectivity index (χ3n) is 2.45. The molecule has 0 aliphatic carbocycles. The van der Waals surface area contributed by atoms with E-state index in [-0.39, 0.29) is 5.56 Å². The Kier molecular flexibility index (Phi) is 3.62. The van der Waals surface area contributed by atoms with Gasteiger partial charge in [-0.25, -0.2) is 4.79 Å². The minimum atomic E-state index is -0.989. The van der Waals surface area contributed by atoms with E-state index in [2.05, 4.69) is 16.3 Å². The topological polar surface area (TPSA) is 63.1 Å². The smallest absolute Gasteiger partial charge is 0.338 e. The van der Waals surface area contributed by atoms with Gasteiger partial charge in [-0.3, -0.25) is 0 Å². The van der Waals surface area contributed by atoms with Crippen molar-refractivity contribution in [1.29, 1.82) is 0 Å². The number of hydrogen-bond acceptors (Lipinski definition) is 4. The highest BCUT2D eigenvalue weighted by atomic mass is 32.2. The van der Waals surface area contributed by atoms with Crippen LogP contribution < -0.4 is 0 Å². The number of aromatic carboxylic acids is 1. The average Bonchev–Trinajstić information content (AvgIpc) is 2.33. The van der Waals surface area contributed by atoms with Crippen LogP contribution in [0.2, 0.25) is 0 Å². The molecule has 1 aromatic heterocycles. The van der Waals surface area contributed by atoms with Gasteiger partial charge in [-0.15, -0.1) is 5.10 Å². The molecule has 0 unspecified atom stereocenters. The SMILES string of the molecule is Cc1ccc(Sc2nnccc2C(=O)O)c(C)c1. The van der Waals surface area contributed by atoms with Gasteiger partial charge in [0.25, 0.3) is 0 Å². The average molecular weight is 260 g/mol. The monoisotopic (exact) mass is 260 g/mol. The predicted molar refractivity (Wildman–Crippen MR) is 69.0 cm³/mol. The molecule has 0 radical (unpaired) electrons. The highest BCUT2D eigenvalue weighted by molar-refractivity contribution is 7.99. The fourth-order valence-corrected chi connectivity index (χ4v) is 2.49. The second-order valence-corrected chi connectivity index (χ2v) is 4.96. The van der Waals surface area contributed by atoms with E-state index in [1.807, 2.05) is 26.0 Å². The summed E-state index contributed by atoms with van der Waals surface area (Å²) in [6, 6.07) is 7.47. The van der Waals surface area contributed by atoms with Crippen molar-refractivity contribution in [3.63, 3.8) is 0 Å². The molecule has 0 aliphatic heterocycles. The van der Waals surface area contributed by atoms with E-state index in [1.54, 1.807) is 0 Å². The summed E-state index contributed by atoms with van der Waals surface area (Å²) in [4.78, 5) is 12.1. The Hall–Kier alpha value is -1.88. The summed E-state index contributed by atoms with van der Waals surface area (Å²) in [5.74, 6) is -0.989. The van der Waals surface area contributed by atoms with Crippen molar-refractivity contribution in [3.8, 4) is 0 Å². The van der Waals surface area contributed by atoms with E-state index in [0.29, 0.717) is 5.03 Å². The van der Waals surface area contributed by atoms with Crippen LogP contribution in [0.3, 0.4) is 0 Å². The van der Waals surface area contributed by atoms with Crippen LogP contribution in [0.1, 0.15) is 21.5 Å². The number of rotatable bonds is 3. The number of carbonyl (C=O) groups is 1. The first kappa shape index (κ1) is 12.6. The zero-order valence-corrected chi connectivity index (χ0v) is 10.9. The fourth-order valence-electron chi connectivity index (χ4n) is 1.57. The summed E-state index contributed by atoms with van der Waals surface area (Å²) < 4.78 is 0. The number of carboxylic acids is 1. The second kappa shape index (κ2) is 5.18. The molecule has 5 heteroatoms. The largest absolute Gasteiger partial charge is 0.478 e. The standard InChI is InChI=1S/C13H12N2O2S/c1-8-3-4-11(9(2)7-8)18-12-10(13(16)17)5-6-14-15-12/h3-7H,1-2H3,(H,16,17). The van der Waals surface area contributed by atoms with Crippen LogP contribution in [0.25, 0.3) is 0 Å². The van der Waals surface area contributed by atoms with Gasteiger partial charge in [0.2, 0.25) is 0 Å². The van der Waals surface area contributed by atoms with E-state index in [9.17, 15) is 4.79 Å². The molecular formula is C13H12N2O2S. The van der Waals surface area contributed by atoms with Gasteiger partial charge in [0.15, 0.2) is 0 Å². The van der Waals surface area contributed by atoms with Crippen LogP contribution in [0.15, 0.2) is 40.4 Å². The number of hydrogen-bond donors (Lipinski definition) is 1. The maximum Gasteiger partial charge on any atom is 0.338 e. The normalized spacial score (nSPS) is 10.3. The Bertz CT molecular complexity index is 599. The summed E-state index contributed by atoms with van der Waals surface area (Å²) in [5, 5.41) is 17.1. The van der Waals surface area contributed by atoms with Gasteiger partial charge in [0.1, 0.15) is 5.03 Å². The maximum atomic E-state index is 11.1. The minimum Gasteiger partial charge on any atom is -0.478 e. The van der Waals surface area contributed by atoms with Crippen molar-refractivity contribution >= 4 is 17.7 Å². The lowest BCUT2D eigenvalue weighted by Crippen LogP contribution is -2.01. The molecule has 0 fully saturated rings. The van der Waals surface area contributed by atoms with E-state index in [0.717, 1.165) is 10.5 Å². The molecular weight excluding hydrogens is 248 g/mol. The molecule has 2 aromatic rings. The minimum absolute atomic E-state index is 0.176. The lowest BCUT2D eigenvalue weighted by Gasteiger charge is -2.07. The fraction of sp³-hybridized carbons (Fsp3) is 0.154. The van der Waals surface area contributed by atoms with E-state index < -0.39 is 5.97 Å². The lowest BCUT2D eigenvalue weighted by atomic mass is 10.2. The predicted octanol–water partition coefficient (Wildman–Crippen LogP) is 2.94. The third-order valence-corrected chi connectivity index (χ3v) is 3.63. The highest BCUT2D eigenvalue weighted by Crippen LogP contribution is 2.31. The Morgan fingerprint density at radius 3 is 2.72 bits per heavy atom. The summed E-state index contributed by atoms with van der Waals surface area (Å²) in [6.07, 6.45) is 1.38. The van der Waals surface area contributed by atoms with Gasteiger partial charge >= 0.3 is 5.97 Å². The van der Waals surface area contributed by atoms with Gasteiger partial charge in [-0.1, -0.05) is 29.5 Å². The van der Waals surface area contributed by atoms with Crippen molar-refractivity contribution < 1.29 is 9.90 Å². The quantitative estimate of drug-likeness (QED) is 0.919. The molecule has 4 nitrogen and oxygen atoms in total. The maximum absolute atomic E-state index is 11.1. The van der Waals surface area contributed by atoms with Gasteiger partial charge in [0.05, 0.1) is 11.8 Å².